The maximum atomic E-state index is 14.2. The van der Waals surface area contributed by atoms with E-state index in [0.29, 0.717) is 81.8 Å². The SMILES string of the molecule is CN(C)c1ccc(N=Nc2ccc(S(=O)(=O)NCCC(=O)N3CCCCN(C(=O)CCN)c4ccc(cc4)Cc4ccc(cc4)N(C(=O)CCN)CCCCN(C(=O)CCN)c4ccc(cc4)Cc4ccc3cc4)cc2)cc1.O=C(O)C(F)(F)F.O=C(O)C(F)(F)F.O=C(O)C(F)(F)F. The number of nitrogens with one attached hydrogen (secondary N) is 1. The summed E-state index contributed by atoms with van der Waals surface area (Å²) in [6, 6.07) is 45.1. The van der Waals surface area contributed by atoms with Crippen LogP contribution in [0.2, 0.25) is 0 Å². The number of hydrogen-bond donors (Lipinski definition) is 7. The van der Waals surface area contributed by atoms with Crippen LogP contribution in [0.5, 0.6) is 0 Å². The van der Waals surface area contributed by atoms with Gasteiger partial charge in [0.2, 0.25) is 33.7 Å². The van der Waals surface area contributed by atoms with Crippen molar-refractivity contribution >= 4 is 91.4 Å². The topological polar surface area (TPSA) is 345 Å². The number of nitrogens with zero attached hydrogens (tertiary/aromatic N) is 7. The lowest BCUT2D eigenvalue weighted by molar-refractivity contribution is -0.193. The first-order valence-corrected chi connectivity index (χ1v) is 31.9. The number of anilines is 5. The highest BCUT2D eigenvalue weighted by molar-refractivity contribution is 7.89. The van der Waals surface area contributed by atoms with E-state index in [1.807, 2.05) is 140 Å². The number of hydrogen-bond acceptors (Lipinski definition) is 15. The maximum absolute atomic E-state index is 14.2. The van der Waals surface area contributed by atoms with Gasteiger partial charge in [-0.15, -0.1) is 0 Å². The Balaban J connectivity index is 0.000000856. The number of halogens is 9. The van der Waals surface area contributed by atoms with Crippen LogP contribution in [0.3, 0.4) is 0 Å². The molecule has 536 valence electrons. The van der Waals surface area contributed by atoms with Crippen molar-refractivity contribution < 1.29 is 96.8 Å². The van der Waals surface area contributed by atoms with Crippen LogP contribution < -0.4 is 46.4 Å². The second-order valence-electron chi connectivity index (χ2n) is 21.9. The third-order valence-corrected chi connectivity index (χ3v) is 15.7. The number of amides is 4. The molecule has 0 radical (unpaired) electrons. The number of nitrogens with two attached hydrogens (primary N) is 3. The number of carboxylic acid groups (broad SMARTS) is 3. The van der Waals surface area contributed by atoms with Gasteiger partial charge in [-0.2, -0.15) is 49.7 Å². The van der Waals surface area contributed by atoms with Crippen molar-refractivity contribution in [1.29, 1.82) is 0 Å². The lowest BCUT2D eigenvalue weighted by atomic mass is 10.0. The maximum Gasteiger partial charge on any atom is 0.490 e. The Kier molecular flexibility index (Phi) is 32.1. The molecule has 7 aliphatic rings. The van der Waals surface area contributed by atoms with Crippen molar-refractivity contribution in [3.63, 3.8) is 0 Å². The molecule has 0 spiro atoms. The molecule has 7 heterocycles. The number of carbonyl (C=O) groups is 7. The summed E-state index contributed by atoms with van der Waals surface area (Å²) >= 11 is 0. The van der Waals surface area contributed by atoms with E-state index in [9.17, 15) is 67.1 Å². The van der Waals surface area contributed by atoms with Gasteiger partial charge in [-0.05, 0) is 158 Å². The summed E-state index contributed by atoms with van der Waals surface area (Å²) in [5, 5.41) is 29.9. The van der Waals surface area contributed by atoms with Crippen LogP contribution in [0.15, 0.2) is 161 Å². The number of benzene rings is 6. The molecule has 0 fully saturated rings. The molecular weight excluding hydrogens is 1340 g/mol. The third kappa shape index (κ3) is 27.9. The van der Waals surface area contributed by atoms with Crippen molar-refractivity contribution in [3.8, 4) is 0 Å². The molecule has 23 nitrogen and oxygen atoms in total. The molecule has 0 aliphatic carbocycles. The number of aliphatic carboxylic acids is 3. The van der Waals surface area contributed by atoms with Crippen molar-refractivity contribution in [2.75, 3.05) is 91.0 Å². The normalized spacial score (nSPS) is 13.5. The number of carboxylic acids is 3. The van der Waals surface area contributed by atoms with Gasteiger partial charge in [-0.3, -0.25) is 19.2 Å². The van der Waals surface area contributed by atoms with Gasteiger partial charge in [0, 0.05) is 121 Å². The van der Waals surface area contributed by atoms with Crippen LogP contribution >= 0.6 is 0 Å². The van der Waals surface area contributed by atoms with Crippen molar-refractivity contribution in [2.24, 2.45) is 27.4 Å². The van der Waals surface area contributed by atoms with E-state index >= 15 is 0 Å². The highest BCUT2D eigenvalue weighted by atomic mass is 32.2. The Hall–Kier alpha value is -9.83. The van der Waals surface area contributed by atoms with E-state index in [1.54, 1.807) is 31.7 Å². The minimum absolute atomic E-state index is 0.0305. The van der Waals surface area contributed by atoms with Gasteiger partial charge in [0.15, 0.2) is 0 Å². The standard InChI is InChI=1S/C60H73N11O6S.3C2HF3O2/c1-67(2)51-27-15-49(16-28-51)65-66-50-17-29-56(30-18-50)78(76,77)64-38-34-60(75)71-42-6-5-41-70(59(74)33-37-63)54-23-9-46(10-24-54)43-45-7-19-52(20-8-45)68(57(72)31-35-61)39-3-4-40-69(58(73)32-36-62)53-21-11-47(12-22-53)44-48-13-25-55(71)26-14-48;3*3-2(4,5)1(6)7/h7-30,64H,3-6,31-44,61-63H2,1-2H3;3*(H,6,7). The second-order valence-corrected chi connectivity index (χ2v) is 23.7. The number of rotatable bonds is 14. The molecule has 0 unspecified atom stereocenters. The van der Waals surface area contributed by atoms with Gasteiger partial charge in [0.25, 0.3) is 0 Å². The molecule has 4 amide bonds. The first kappa shape index (κ1) is 81.6. The predicted molar refractivity (Wildman–Crippen MR) is 353 cm³/mol. The van der Waals surface area contributed by atoms with Crippen LogP contribution in [-0.2, 0) is 56.4 Å². The van der Waals surface area contributed by atoms with Gasteiger partial charge in [0.05, 0.1) is 16.3 Å². The summed E-state index contributed by atoms with van der Waals surface area (Å²) in [7, 11) is -0.0684. The summed E-state index contributed by atoms with van der Waals surface area (Å²) in [6.07, 6.45) is -11.2. The van der Waals surface area contributed by atoms with Crippen LogP contribution in [0, 0.1) is 0 Å². The molecule has 8 bridgehead atoms. The number of alkyl halides is 9. The predicted octanol–water partition coefficient (Wildman–Crippen LogP) is 10.3. The molecule has 0 atom stereocenters. The van der Waals surface area contributed by atoms with Gasteiger partial charge in [-0.1, -0.05) is 48.5 Å². The average molecular weight is 1420 g/mol. The van der Waals surface area contributed by atoms with Crippen LogP contribution in [0.1, 0.15) is 73.6 Å². The molecule has 10 N–H and O–H groups in total. The van der Waals surface area contributed by atoms with Gasteiger partial charge < -0.3 is 57.0 Å². The summed E-state index contributed by atoms with van der Waals surface area (Å²) < 4.78 is 125. The van der Waals surface area contributed by atoms with Crippen molar-refractivity contribution in [2.45, 2.75) is 87.6 Å². The molecular formula is C66H76F9N11O12S. The molecule has 7 aliphatic heterocycles. The van der Waals surface area contributed by atoms with Crippen LogP contribution in [0.4, 0.5) is 79.3 Å². The molecule has 0 saturated carbocycles. The van der Waals surface area contributed by atoms with E-state index in [-0.39, 0.29) is 80.4 Å². The van der Waals surface area contributed by atoms with Crippen molar-refractivity contribution in [1.82, 2.24) is 4.72 Å². The molecule has 0 saturated heterocycles. The molecule has 99 heavy (non-hydrogen) atoms. The van der Waals surface area contributed by atoms with Gasteiger partial charge in [-0.25, -0.2) is 27.5 Å². The first-order valence-electron chi connectivity index (χ1n) is 30.4. The molecule has 0 aromatic heterocycles. The Morgan fingerprint density at radius 2 is 0.667 bits per heavy atom. The zero-order valence-corrected chi connectivity index (χ0v) is 54.6. The average Bonchev–Trinajstić information content (AvgIpc) is 0.858. The zero-order chi connectivity index (χ0) is 73.7. The highest BCUT2D eigenvalue weighted by Crippen LogP contribution is 2.28. The van der Waals surface area contributed by atoms with E-state index in [0.717, 1.165) is 45.0 Å². The molecule has 6 aromatic rings. The molecule has 13 rings (SSSR count). The van der Waals surface area contributed by atoms with Crippen molar-refractivity contribution in [3.05, 3.63) is 168 Å². The number of carbonyl (C=O) groups excluding carboxylic acids is 4. The summed E-state index contributed by atoms with van der Waals surface area (Å²) in [5.41, 5.74) is 26.8. The van der Waals surface area contributed by atoms with Gasteiger partial charge >= 0.3 is 36.4 Å². The Labute approximate surface area is 564 Å². The van der Waals surface area contributed by atoms with Crippen LogP contribution in [-0.4, -0.2) is 150 Å². The largest absolute Gasteiger partial charge is 0.490 e. The minimum Gasteiger partial charge on any atom is -0.475 e. The summed E-state index contributed by atoms with van der Waals surface area (Å²) in [6.45, 7) is 2.14. The fraction of sp³-hybridized carbons (Fsp3) is 0.348. The number of sulfonamides is 1. The summed E-state index contributed by atoms with van der Waals surface area (Å²) in [4.78, 5) is 90.2. The van der Waals surface area contributed by atoms with E-state index in [1.165, 1.54) is 12.1 Å². The third-order valence-electron chi connectivity index (χ3n) is 14.3. The second kappa shape index (κ2) is 38.9. The van der Waals surface area contributed by atoms with E-state index in [2.05, 4.69) is 15.0 Å². The Bertz CT molecular complexity index is 3680. The lowest BCUT2D eigenvalue weighted by Crippen LogP contribution is -2.36. The summed E-state index contributed by atoms with van der Waals surface area (Å²) in [5.74, 6) is -8.78. The molecule has 6 aromatic carbocycles. The quantitative estimate of drug-likeness (QED) is 0.0394. The Morgan fingerprint density at radius 3 is 0.899 bits per heavy atom. The van der Waals surface area contributed by atoms with E-state index in [4.69, 9.17) is 46.9 Å². The zero-order valence-electron chi connectivity index (χ0n) is 53.8. The lowest BCUT2D eigenvalue weighted by Gasteiger charge is -2.26. The Morgan fingerprint density at radius 1 is 0.424 bits per heavy atom. The fourth-order valence-electron chi connectivity index (χ4n) is 9.23. The van der Waals surface area contributed by atoms with Crippen LogP contribution in [0.25, 0.3) is 0 Å². The number of azo groups is 1. The van der Waals surface area contributed by atoms with E-state index < -0.39 is 46.5 Å². The smallest absolute Gasteiger partial charge is 0.475 e. The van der Waals surface area contributed by atoms with Gasteiger partial charge in [0.1, 0.15) is 0 Å². The first-order chi connectivity index (χ1) is 46.6. The molecule has 33 heteroatoms. The monoisotopic (exact) mass is 1420 g/mol. The fourth-order valence-corrected chi connectivity index (χ4v) is 10.3. The highest BCUT2D eigenvalue weighted by Gasteiger charge is 2.39. The minimum atomic E-state index is -5.08.